The van der Waals surface area contributed by atoms with Gasteiger partial charge < -0.3 is 21.3 Å². The maximum atomic E-state index is 12.8. The van der Waals surface area contributed by atoms with E-state index in [-0.39, 0.29) is 23.8 Å². The third kappa shape index (κ3) is 4.46. The molecule has 0 saturated carbocycles. The Hall–Kier alpha value is -2.31. The highest BCUT2D eigenvalue weighted by Gasteiger charge is 2.10. The van der Waals surface area contributed by atoms with Gasteiger partial charge in [0, 0.05) is 32.9 Å². The minimum Gasteiger partial charge on any atom is -0.398 e. The van der Waals surface area contributed by atoms with Crippen molar-refractivity contribution >= 4 is 17.6 Å². The number of hydrogen-bond donors (Lipinski definition) is 3. The maximum Gasteiger partial charge on any atom is 0.316 e. The van der Waals surface area contributed by atoms with Crippen molar-refractivity contribution in [2.45, 2.75) is 0 Å². The van der Waals surface area contributed by atoms with Gasteiger partial charge in [0.05, 0.1) is 5.56 Å². The fourth-order valence-corrected chi connectivity index (χ4v) is 1.34. The van der Waals surface area contributed by atoms with Crippen molar-refractivity contribution in [1.29, 1.82) is 0 Å². The van der Waals surface area contributed by atoms with Crippen molar-refractivity contribution in [3.05, 3.63) is 29.6 Å². The lowest BCUT2D eigenvalue weighted by atomic mass is 10.1. The molecular weight excluding hydrogens is 251 g/mol. The van der Waals surface area contributed by atoms with E-state index in [1.807, 2.05) is 0 Å². The molecule has 0 heterocycles. The minimum atomic E-state index is -0.493. The molecule has 0 fully saturated rings. The van der Waals surface area contributed by atoms with E-state index >= 15 is 0 Å². The smallest absolute Gasteiger partial charge is 0.316 e. The van der Waals surface area contributed by atoms with Gasteiger partial charge in [0.15, 0.2) is 0 Å². The Bertz CT molecular complexity index is 477. The van der Waals surface area contributed by atoms with E-state index in [0.717, 1.165) is 6.07 Å². The average molecular weight is 268 g/mol. The number of nitrogen functional groups attached to an aromatic ring is 1. The molecule has 1 aromatic carbocycles. The van der Waals surface area contributed by atoms with E-state index in [1.165, 1.54) is 17.0 Å². The lowest BCUT2D eigenvalue weighted by molar-refractivity contribution is 0.0954. The Labute approximate surface area is 110 Å². The molecule has 104 valence electrons. The third-order valence-corrected chi connectivity index (χ3v) is 2.35. The zero-order valence-electron chi connectivity index (χ0n) is 10.9. The first-order chi connectivity index (χ1) is 8.91. The molecule has 1 rings (SSSR count). The average Bonchev–Trinajstić information content (AvgIpc) is 2.33. The first-order valence-electron chi connectivity index (χ1n) is 5.70. The Balaban J connectivity index is 2.41. The van der Waals surface area contributed by atoms with Gasteiger partial charge in [-0.15, -0.1) is 0 Å². The number of anilines is 1. The van der Waals surface area contributed by atoms with Crippen molar-refractivity contribution in [1.82, 2.24) is 15.5 Å². The van der Waals surface area contributed by atoms with Crippen LogP contribution in [0.2, 0.25) is 0 Å². The Kier molecular flexibility index (Phi) is 5.11. The van der Waals surface area contributed by atoms with Crippen molar-refractivity contribution in [3.8, 4) is 0 Å². The molecule has 0 aliphatic heterocycles. The van der Waals surface area contributed by atoms with E-state index in [2.05, 4.69) is 10.6 Å². The Morgan fingerprint density at radius 3 is 2.47 bits per heavy atom. The van der Waals surface area contributed by atoms with Crippen LogP contribution in [0.3, 0.4) is 0 Å². The molecule has 0 spiro atoms. The lowest BCUT2D eigenvalue weighted by Crippen LogP contribution is -2.39. The van der Waals surface area contributed by atoms with Gasteiger partial charge in [-0.3, -0.25) is 4.79 Å². The van der Waals surface area contributed by atoms with Gasteiger partial charge >= 0.3 is 6.03 Å². The van der Waals surface area contributed by atoms with Gasteiger partial charge in [0.1, 0.15) is 5.82 Å². The number of rotatable bonds is 4. The molecule has 6 nitrogen and oxygen atoms in total. The van der Waals surface area contributed by atoms with Crippen LogP contribution in [0.5, 0.6) is 0 Å². The summed E-state index contributed by atoms with van der Waals surface area (Å²) in [7, 11) is 3.24. The Morgan fingerprint density at radius 1 is 1.26 bits per heavy atom. The number of urea groups is 1. The molecule has 19 heavy (non-hydrogen) atoms. The summed E-state index contributed by atoms with van der Waals surface area (Å²) >= 11 is 0. The van der Waals surface area contributed by atoms with Crippen molar-refractivity contribution in [3.63, 3.8) is 0 Å². The molecule has 7 heteroatoms. The van der Waals surface area contributed by atoms with Gasteiger partial charge in [-0.25, -0.2) is 9.18 Å². The molecule has 0 aliphatic rings. The zero-order valence-corrected chi connectivity index (χ0v) is 10.9. The number of carbonyl (C=O) groups is 2. The molecule has 1 aromatic rings. The first kappa shape index (κ1) is 14.7. The number of carbonyl (C=O) groups excluding carboxylic acids is 2. The van der Waals surface area contributed by atoms with E-state index < -0.39 is 11.7 Å². The molecule has 0 saturated heterocycles. The molecule has 0 radical (unpaired) electrons. The van der Waals surface area contributed by atoms with Crippen molar-refractivity contribution in [2.75, 3.05) is 32.9 Å². The lowest BCUT2D eigenvalue weighted by Gasteiger charge is -2.12. The second kappa shape index (κ2) is 6.58. The van der Waals surface area contributed by atoms with E-state index in [0.29, 0.717) is 6.54 Å². The fraction of sp³-hybridized carbons (Fsp3) is 0.333. The van der Waals surface area contributed by atoms with Crippen LogP contribution in [0.25, 0.3) is 0 Å². The number of hydrogen-bond acceptors (Lipinski definition) is 3. The summed E-state index contributed by atoms with van der Waals surface area (Å²) in [5.41, 5.74) is 5.82. The molecule has 0 unspecified atom stereocenters. The molecule has 0 atom stereocenters. The van der Waals surface area contributed by atoms with Gasteiger partial charge in [0.25, 0.3) is 5.91 Å². The second-order valence-electron chi connectivity index (χ2n) is 4.11. The summed E-state index contributed by atoms with van der Waals surface area (Å²) in [6, 6.07) is 3.33. The molecule has 0 aromatic heterocycles. The molecular formula is C12H17FN4O2. The number of amides is 3. The van der Waals surface area contributed by atoms with Crippen LogP contribution >= 0.6 is 0 Å². The summed E-state index contributed by atoms with van der Waals surface area (Å²) in [5.74, 6) is -0.899. The monoisotopic (exact) mass is 268 g/mol. The van der Waals surface area contributed by atoms with Crippen molar-refractivity contribution in [2.24, 2.45) is 0 Å². The van der Waals surface area contributed by atoms with Crippen LogP contribution < -0.4 is 16.4 Å². The summed E-state index contributed by atoms with van der Waals surface area (Å²) < 4.78 is 12.8. The summed E-state index contributed by atoms with van der Waals surface area (Å²) in [5, 5.41) is 5.17. The van der Waals surface area contributed by atoms with E-state index in [4.69, 9.17) is 5.73 Å². The highest BCUT2D eigenvalue weighted by Crippen LogP contribution is 2.12. The minimum absolute atomic E-state index is 0.0785. The van der Waals surface area contributed by atoms with Crippen LogP contribution in [-0.2, 0) is 0 Å². The largest absolute Gasteiger partial charge is 0.398 e. The van der Waals surface area contributed by atoms with Gasteiger partial charge in [-0.05, 0) is 18.2 Å². The quantitative estimate of drug-likeness (QED) is 0.546. The van der Waals surface area contributed by atoms with E-state index in [1.54, 1.807) is 14.1 Å². The summed E-state index contributed by atoms with van der Waals surface area (Å²) in [6.45, 7) is 0.555. The zero-order chi connectivity index (χ0) is 14.4. The number of nitrogens with two attached hydrogens (primary N) is 1. The van der Waals surface area contributed by atoms with Gasteiger partial charge in [0.2, 0.25) is 0 Å². The number of halogens is 1. The maximum absolute atomic E-state index is 12.8. The van der Waals surface area contributed by atoms with Crippen molar-refractivity contribution < 1.29 is 14.0 Å². The van der Waals surface area contributed by atoms with Crippen LogP contribution in [0.4, 0.5) is 14.9 Å². The molecule has 4 N–H and O–H groups in total. The number of nitrogens with zero attached hydrogens (tertiary/aromatic N) is 1. The predicted molar refractivity (Wildman–Crippen MR) is 70.2 cm³/mol. The first-order valence-corrected chi connectivity index (χ1v) is 5.70. The highest BCUT2D eigenvalue weighted by atomic mass is 19.1. The Morgan fingerprint density at radius 2 is 1.89 bits per heavy atom. The van der Waals surface area contributed by atoms with E-state index in [9.17, 15) is 14.0 Å². The van der Waals surface area contributed by atoms with Crippen LogP contribution in [0, 0.1) is 5.82 Å². The number of nitrogens with one attached hydrogen (secondary N) is 2. The van der Waals surface area contributed by atoms with Gasteiger partial charge in [-0.2, -0.15) is 0 Å². The molecule has 3 amide bonds. The fourth-order valence-electron chi connectivity index (χ4n) is 1.34. The number of benzene rings is 1. The van der Waals surface area contributed by atoms with Crippen LogP contribution in [0.1, 0.15) is 10.4 Å². The summed E-state index contributed by atoms with van der Waals surface area (Å²) in [4.78, 5) is 24.3. The molecule has 0 bridgehead atoms. The van der Waals surface area contributed by atoms with Crippen LogP contribution in [0.15, 0.2) is 18.2 Å². The third-order valence-electron chi connectivity index (χ3n) is 2.35. The SMILES string of the molecule is CN(C)C(=O)NCCNC(=O)c1ccc(F)cc1N. The van der Waals surface area contributed by atoms with Gasteiger partial charge in [-0.1, -0.05) is 0 Å². The second-order valence-corrected chi connectivity index (χ2v) is 4.11. The molecule has 0 aliphatic carbocycles. The topological polar surface area (TPSA) is 87.5 Å². The van der Waals surface area contributed by atoms with Crippen LogP contribution in [-0.4, -0.2) is 44.0 Å². The summed E-state index contributed by atoms with van der Waals surface area (Å²) in [6.07, 6.45) is 0. The highest BCUT2D eigenvalue weighted by molar-refractivity contribution is 5.99. The predicted octanol–water partition coefficient (Wildman–Crippen LogP) is 0.409. The normalized spacial score (nSPS) is 9.84. The standard InChI is InChI=1S/C12H17FN4O2/c1-17(2)12(19)16-6-5-15-11(18)9-4-3-8(13)7-10(9)14/h3-4,7H,5-6,14H2,1-2H3,(H,15,18)(H,16,19).